The third kappa shape index (κ3) is 3.50. The van der Waals surface area contributed by atoms with Gasteiger partial charge in [0.05, 0.1) is 4.88 Å². The van der Waals surface area contributed by atoms with E-state index < -0.39 is 27.4 Å². The Kier molecular flexibility index (Phi) is 4.32. The van der Waals surface area contributed by atoms with Gasteiger partial charge in [-0.15, -0.1) is 11.3 Å². The van der Waals surface area contributed by atoms with Gasteiger partial charge >= 0.3 is 5.97 Å². The molecule has 2 saturated carbocycles. The van der Waals surface area contributed by atoms with Crippen LogP contribution in [0.4, 0.5) is 0 Å². The monoisotopic (exact) mass is 406 g/mol. The lowest BCUT2D eigenvalue weighted by Crippen LogP contribution is -2.44. The second-order valence-electron chi connectivity index (χ2n) is 6.92. The Morgan fingerprint density at radius 3 is 2.44 bits per heavy atom. The molecule has 27 heavy (non-hydrogen) atoms. The minimum Gasteiger partial charge on any atom is -0.480 e. The molecule has 142 valence electrons. The number of carboxylic acids is 1. The molecule has 2 aliphatic carbocycles. The van der Waals surface area contributed by atoms with Gasteiger partial charge in [0.25, 0.3) is 15.9 Å². The van der Waals surface area contributed by atoms with E-state index in [0.717, 1.165) is 29.7 Å². The predicted molar refractivity (Wildman–Crippen MR) is 99.3 cm³/mol. The molecule has 4 rings (SSSR count). The maximum Gasteiger partial charge on any atom is 0.325 e. The molecule has 2 aromatic rings. The number of carbonyl (C=O) groups is 2. The minimum atomic E-state index is -4.06. The Morgan fingerprint density at radius 2 is 1.81 bits per heavy atom. The van der Waals surface area contributed by atoms with Crippen molar-refractivity contribution in [3.8, 4) is 0 Å². The van der Waals surface area contributed by atoms with Gasteiger partial charge in [0.1, 0.15) is 9.75 Å². The van der Waals surface area contributed by atoms with Gasteiger partial charge < -0.3 is 10.4 Å². The minimum absolute atomic E-state index is 0.0669. The summed E-state index contributed by atoms with van der Waals surface area (Å²) in [6.45, 7) is 0. The number of amides is 1. The van der Waals surface area contributed by atoms with Crippen LogP contribution >= 0.6 is 11.3 Å². The summed E-state index contributed by atoms with van der Waals surface area (Å²) in [5.74, 6) is -1.93. The average Bonchev–Trinajstić information content (AvgIpc) is 3.52. The predicted octanol–water partition coefficient (Wildman–Crippen LogP) is 1.93. The fourth-order valence-electron chi connectivity index (χ4n) is 3.10. The zero-order valence-electron chi connectivity index (χ0n) is 14.2. The first kappa shape index (κ1) is 18.1. The van der Waals surface area contributed by atoms with E-state index in [0.29, 0.717) is 4.88 Å². The second kappa shape index (κ2) is 6.43. The van der Waals surface area contributed by atoms with E-state index in [1.807, 2.05) is 6.07 Å². The smallest absolute Gasteiger partial charge is 0.325 e. The molecule has 2 aliphatic rings. The summed E-state index contributed by atoms with van der Waals surface area (Å²) in [6, 6.07) is 11.9. The number of benzene rings is 1. The SMILES string of the molecule is O=C(NC1CC1)c1ccc(S(=O)(=O)N[C@]2(C(=O)O)C[C@H]2c2ccccc2)s1. The van der Waals surface area contributed by atoms with Crippen LogP contribution in [0.5, 0.6) is 0 Å². The van der Waals surface area contributed by atoms with Gasteiger partial charge in [0.15, 0.2) is 0 Å². The summed E-state index contributed by atoms with van der Waals surface area (Å²) >= 11 is 0.839. The van der Waals surface area contributed by atoms with Crippen molar-refractivity contribution in [2.75, 3.05) is 0 Å². The molecule has 0 saturated heterocycles. The second-order valence-corrected chi connectivity index (χ2v) is 9.91. The van der Waals surface area contributed by atoms with Crippen LogP contribution in [0.3, 0.4) is 0 Å². The zero-order valence-corrected chi connectivity index (χ0v) is 15.8. The van der Waals surface area contributed by atoms with Gasteiger partial charge in [-0.25, -0.2) is 8.42 Å². The van der Waals surface area contributed by atoms with Crippen LogP contribution in [0, 0.1) is 0 Å². The van der Waals surface area contributed by atoms with Crippen molar-refractivity contribution in [2.45, 2.75) is 41.0 Å². The van der Waals surface area contributed by atoms with Crippen LogP contribution in [-0.2, 0) is 14.8 Å². The van der Waals surface area contributed by atoms with Crippen molar-refractivity contribution in [2.24, 2.45) is 0 Å². The molecule has 1 amide bonds. The number of carboxylic acid groups (broad SMARTS) is 1. The van der Waals surface area contributed by atoms with Gasteiger partial charge in [0, 0.05) is 12.0 Å². The van der Waals surface area contributed by atoms with Crippen LogP contribution in [-0.4, -0.2) is 37.0 Å². The van der Waals surface area contributed by atoms with E-state index in [2.05, 4.69) is 10.0 Å². The standard InChI is InChI=1S/C18H18N2O5S2/c21-16(19-12-6-7-12)14-8-9-15(26-14)27(24,25)20-18(17(22)23)10-13(18)11-4-2-1-3-5-11/h1-5,8-9,12-13,20H,6-7,10H2,(H,19,21)(H,22,23)/t13-,18+/m0/s1. The van der Waals surface area contributed by atoms with E-state index in [9.17, 15) is 23.1 Å². The highest BCUT2D eigenvalue weighted by molar-refractivity contribution is 7.91. The zero-order chi connectivity index (χ0) is 19.2. The maximum atomic E-state index is 12.7. The van der Waals surface area contributed by atoms with Crippen molar-refractivity contribution >= 4 is 33.2 Å². The molecule has 0 spiro atoms. The quantitative estimate of drug-likeness (QED) is 0.650. The summed E-state index contributed by atoms with van der Waals surface area (Å²) in [4.78, 5) is 24.2. The van der Waals surface area contributed by atoms with Crippen molar-refractivity contribution in [1.82, 2.24) is 10.0 Å². The van der Waals surface area contributed by atoms with Gasteiger partial charge in [-0.3, -0.25) is 9.59 Å². The third-order valence-corrected chi connectivity index (χ3v) is 7.93. The number of sulfonamides is 1. The van der Waals surface area contributed by atoms with Crippen LogP contribution < -0.4 is 10.0 Å². The van der Waals surface area contributed by atoms with Crippen molar-refractivity contribution in [3.63, 3.8) is 0 Å². The Hall–Kier alpha value is -2.23. The first-order chi connectivity index (χ1) is 12.8. The van der Waals surface area contributed by atoms with Crippen LogP contribution in [0.2, 0.25) is 0 Å². The molecule has 7 nitrogen and oxygen atoms in total. The number of rotatable bonds is 7. The molecule has 0 aliphatic heterocycles. The number of thiophene rings is 1. The topological polar surface area (TPSA) is 113 Å². The molecule has 1 heterocycles. The summed E-state index contributed by atoms with van der Waals surface area (Å²) in [7, 11) is -4.06. The summed E-state index contributed by atoms with van der Waals surface area (Å²) in [6.07, 6.45) is 2.06. The Balaban J connectivity index is 1.54. The Labute approximate surface area is 160 Å². The molecule has 2 atom stereocenters. The summed E-state index contributed by atoms with van der Waals surface area (Å²) < 4.78 is 27.8. The Morgan fingerprint density at radius 1 is 1.11 bits per heavy atom. The highest BCUT2D eigenvalue weighted by Gasteiger charge is 2.63. The molecular formula is C18H18N2O5S2. The fourth-order valence-corrected chi connectivity index (χ4v) is 5.72. The molecule has 2 fully saturated rings. The van der Waals surface area contributed by atoms with Crippen molar-refractivity contribution in [3.05, 3.63) is 52.9 Å². The molecule has 1 aromatic carbocycles. The summed E-state index contributed by atoms with van der Waals surface area (Å²) in [5, 5.41) is 12.5. The van der Waals surface area contributed by atoms with Crippen molar-refractivity contribution < 1.29 is 23.1 Å². The van der Waals surface area contributed by atoms with Gasteiger partial charge in [-0.1, -0.05) is 30.3 Å². The number of hydrogen-bond donors (Lipinski definition) is 3. The molecule has 0 bridgehead atoms. The van der Waals surface area contributed by atoms with Gasteiger partial charge in [-0.05, 0) is 37.0 Å². The lowest BCUT2D eigenvalue weighted by atomic mass is 10.1. The largest absolute Gasteiger partial charge is 0.480 e. The molecule has 9 heteroatoms. The lowest BCUT2D eigenvalue weighted by molar-refractivity contribution is -0.140. The van der Waals surface area contributed by atoms with E-state index >= 15 is 0 Å². The molecule has 1 aromatic heterocycles. The normalized spacial score (nSPS) is 24.4. The Bertz CT molecular complexity index is 998. The number of nitrogens with one attached hydrogen (secondary N) is 2. The van der Waals surface area contributed by atoms with Gasteiger partial charge in [0.2, 0.25) is 0 Å². The average molecular weight is 406 g/mol. The first-order valence-electron chi connectivity index (χ1n) is 8.55. The first-order valence-corrected chi connectivity index (χ1v) is 10.8. The molecular weight excluding hydrogens is 388 g/mol. The number of hydrogen-bond acceptors (Lipinski definition) is 5. The lowest BCUT2D eigenvalue weighted by Gasteiger charge is -2.14. The van der Waals surface area contributed by atoms with E-state index in [1.165, 1.54) is 12.1 Å². The molecule has 0 radical (unpaired) electrons. The summed E-state index contributed by atoms with van der Waals surface area (Å²) in [5.41, 5.74) is -0.779. The highest BCUT2D eigenvalue weighted by Crippen LogP contribution is 2.52. The maximum absolute atomic E-state index is 12.7. The van der Waals surface area contributed by atoms with E-state index in [1.54, 1.807) is 24.3 Å². The van der Waals surface area contributed by atoms with E-state index in [4.69, 9.17) is 0 Å². The third-order valence-electron chi connectivity index (χ3n) is 4.84. The van der Waals surface area contributed by atoms with Crippen molar-refractivity contribution in [1.29, 1.82) is 0 Å². The van der Waals surface area contributed by atoms with Crippen LogP contribution in [0.1, 0.15) is 40.4 Å². The van der Waals surface area contributed by atoms with Crippen LogP contribution in [0.25, 0.3) is 0 Å². The van der Waals surface area contributed by atoms with Gasteiger partial charge in [-0.2, -0.15) is 4.72 Å². The molecule has 0 unspecified atom stereocenters. The number of carbonyl (C=O) groups excluding carboxylic acids is 1. The number of aliphatic carboxylic acids is 1. The van der Waals surface area contributed by atoms with Crippen LogP contribution in [0.15, 0.2) is 46.7 Å². The van der Waals surface area contributed by atoms with E-state index in [-0.39, 0.29) is 22.6 Å². The molecule has 3 N–H and O–H groups in total. The highest BCUT2D eigenvalue weighted by atomic mass is 32.2. The fraction of sp³-hybridized carbons (Fsp3) is 0.333.